The molecule has 0 aliphatic heterocycles. The fourth-order valence-corrected chi connectivity index (χ4v) is 2.18. The van der Waals surface area contributed by atoms with Gasteiger partial charge in [-0.2, -0.15) is 0 Å². The van der Waals surface area contributed by atoms with Gasteiger partial charge in [0.2, 0.25) is 0 Å². The van der Waals surface area contributed by atoms with Crippen molar-refractivity contribution in [2.75, 3.05) is 5.73 Å². The topological polar surface area (TPSA) is 69.4 Å². The Morgan fingerprint density at radius 3 is 2.24 bits per heavy atom. The predicted octanol–water partition coefficient (Wildman–Crippen LogP) is 2.75. The molecule has 0 saturated carbocycles. The molecule has 1 aromatic carbocycles. The molecule has 0 spiro atoms. The molecule has 0 unspecified atom stereocenters. The first-order chi connectivity index (χ1) is 7.52. The lowest BCUT2D eigenvalue weighted by Gasteiger charge is -2.14. The first-order valence-corrected chi connectivity index (χ1v) is 6.49. The number of benzene rings is 1. The van der Waals surface area contributed by atoms with Crippen molar-refractivity contribution in [3.63, 3.8) is 0 Å². The van der Waals surface area contributed by atoms with Crippen molar-refractivity contribution in [1.82, 2.24) is 0 Å². The number of anilines is 1. The van der Waals surface area contributed by atoms with E-state index in [1.807, 2.05) is 0 Å². The van der Waals surface area contributed by atoms with E-state index in [-0.39, 0.29) is 5.69 Å². The van der Waals surface area contributed by atoms with E-state index in [0.29, 0.717) is 0 Å². The van der Waals surface area contributed by atoms with Gasteiger partial charge < -0.3 is 10.5 Å². The molecular formula is C7H4Cl2F3NO3S. The van der Waals surface area contributed by atoms with E-state index in [2.05, 4.69) is 4.74 Å². The molecule has 17 heavy (non-hydrogen) atoms. The van der Waals surface area contributed by atoms with E-state index in [1.54, 1.807) is 0 Å². The van der Waals surface area contributed by atoms with Gasteiger partial charge in [-0.25, -0.2) is 8.42 Å². The summed E-state index contributed by atoms with van der Waals surface area (Å²) >= 11 is 5.44. The van der Waals surface area contributed by atoms with Crippen LogP contribution in [0.5, 0.6) is 5.75 Å². The minimum absolute atomic E-state index is 0.269. The van der Waals surface area contributed by atoms with Crippen LogP contribution in [0.15, 0.2) is 17.0 Å². The normalized spacial score (nSPS) is 12.5. The zero-order valence-corrected chi connectivity index (χ0v) is 10.1. The number of ether oxygens (including phenoxy) is 1. The zero-order chi connectivity index (χ0) is 13.4. The van der Waals surface area contributed by atoms with Gasteiger partial charge in [-0.1, -0.05) is 11.6 Å². The van der Waals surface area contributed by atoms with Gasteiger partial charge in [0.15, 0.2) is 5.75 Å². The number of hydrogen-bond acceptors (Lipinski definition) is 4. The van der Waals surface area contributed by atoms with Crippen LogP contribution in [0.4, 0.5) is 18.9 Å². The summed E-state index contributed by atoms with van der Waals surface area (Å²) in [6.07, 6.45) is -5.12. The molecule has 0 amide bonds. The van der Waals surface area contributed by atoms with Gasteiger partial charge in [0, 0.05) is 10.7 Å². The van der Waals surface area contributed by atoms with Gasteiger partial charge in [0.25, 0.3) is 9.05 Å². The SMILES string of the molecule is Nc1ccc(S(=O)(=O)Cl)c(OC(F)(F)F)c1Cl. The summed E-state index contributed by atoms with van der Waals surface area (Å²) in [6, 6.07) is 1.77. The molecule has 0 radical (unpaired) electrons. The number of nitrogen functional groups attached to an aromatic ring is 1. The summed E-state index contributed by atoms with van der Waals surface area (Å²) in [7, 11) is 0.504. The summed E-state index contributed by atoms with van der Waals surface area (Å²) in [6.45, 7) is 0. The third kappa shape index (κ3) is 3.55. The Bertz CT molecular complexity index is 544. The number of alkyl halides is 3. The van der Waals surface area contributed by atoms with Crippen LogP contribution in [0.2, 0.25) is 5.02 Å². The van der Waals surface area contributed by atoms with E-state index in [4.69, 9.17) is 28.0 Å². The lowest BCUT2D eigenvalue weighted by Crippen LogP contribution is -2.19. The molecule has 10 heteroatoms. The first kappa shape index (κ1) is 14.2. The maximum atomic E-state index is 12.1. The average molecular weight is 310 g/mol. The van der Waals surface area contributed by atoms with Crippen molar-refractivity contribution < 1.29 is 26.3 Å². The van der Waals surface area contributed by atoms with Crippen LogP contribution < -0.4 is 10.5 Å². The lowest BCUT2D eigenvalue weighted by molar-refractivity contribution is -0.275. The van der Waals surface area contributed by atoms with Crippen LogP contribution in [0, 0.1) is 0 Å². The minimum Gasteiger partial charge on any atom is -0.403 e. The highest BCUT2D eigenvalue weighted by Crippen LogP contribution is 2.40. The zero-order valence-electron chi connectivity index (χ0n) is 7.75. The highest BCUT2D eigenvalue weighted by atomic mass is 35.7. The Kier molecular flexibility index (Phi) is 3.70. The second kappa shape index (κ2) is 4.43. The maximum absolute atomic E-state index is 12.1. The van der Waals surface area contributed by atoms with Gasteiger partial charge in [-0.05, 0) is 12.1 Å². The Labute approximate surface area is 103 Å². The molecule has 0 saturated heterocycles. The summed E-state index contributed by atoms with van der Waals surface area (Å²) in [5, 5.41) is -0.677. The van der Waals surface area contributed by atoms with Crippen LogP contribution in [0.3, 0.4) is 0 Å². The standard InChI is InChI=1S/C7H4Cl2F3NO3S/c8-5-3(13)1-2-4(17(9,14)15)6(5)16-7(10,11)12/h1-2H,13H2. The highest BCUT2D eigenvalue weighted by molar-refractivity contribution is 8.13. The number of rotatable bonds is 2. The molecular weight excluding hydrogens is 306 g/mol. The summed E-state index contributed by atoms with van der Waals surface area (Å²) in [4.78, 5) is -0.907. The van der Waals surface area contributed by atoms with E-state index in [1.165, 1.54) is 0 Å². The third-order valence-corrected chi connectivity index (χ3v) is 3.31. The predicted molar refractivity (Wildman–Crippen MR) is 55.6 cm³/mol. The third-order valence-electron chi connectivity index (χ3n) is 1.57. The van der Waals surface area contributed by atoms with Crippen molar-refractivity contribution in [1.29, 1.82) is 0 Å². The summed E-state index contributed by atoms with van der Waals surface area (Å²) < 4.78 is 61.7. The Hall–Kier alpha value is -0.860. The summed E-state index contributed by atoms with van der Waals surface area (Å²) in [5.41, 5.74) is 4.97. The Morgan fingerprint density at radius 2 is 1.82 bits per heavy atom. The van der Waals surface area contributed by atoms with Gasteiger partial charge >= 0.3 is 6.36 Å². The second-order valence-electron chi connectivity index (χ2n) is 2.78. The molecule has 4 nitrogen and oxygen atoms in total. The quantitative estimate of drug-likeness (QED) is 0.673. The Morgan fingerprint density at radius 1 is 1.29 bits per heavy atom. The minimum atomic E-state index is -5.12. The maximum Gasteiger partial charge on any atom is 0.573 e. The fourth-order valence-electron chi connectivity index (χ4n) is 0.956. The molecule has 96 valence electrons. The van der Waals surface area contributed by atoms with Crippen molar-refractivity contribution in [2.45, 2.75) is 11.3 Å². The molecule has 2 N–H and O–H groups in total. The fraction of sp³-hybridized carbons (Fsp3) is 0.143. The van der Waals surface area contributed by atoms with Crippen molar-refractivity contribution >= 4 is 37.0 Å². The highest BCUT2D eigenvalue weighted by Gasteiger charge is 2.35. The average Bonchev–Trinajstić information content (AvgIpc) is 2.08. The molecule has 0 heterocycles. The second-order valence-corrected chi connectivity index (χ2v) is 5.69. The molecule has 0 bridgehead atoms. The van der Waals surface area contributed by atoms with E-state index in [0.717, 1.165) is 12.1 Å². The van der Waals surface area contributed by atoms with Crippen molar-refractivity contribution in [2.24, 2.45) is 0 Å². The van der Waals surface area contributed by atoms with E-state index < -0.39 is 31.1 Å². The molecule has 0 atom stereocenters. The lowest BCUT2D eigenvalue weighted by atomic mass is 10.3. The van der Waals surface area contributed by atoms with Crippen LogP contribution in [-0.4, -0.2) is 14.8 Å². The van der Waals surface area contributed by atoms with Gasteiger partial charge in [-0.3, -0.25) is 0 Å². The number of nitrogens with two attached hydrogens (primary N) is 1. The van der Waals surface area contributed by atoms with Crippen LogP contribution in [-0.2, 0) is 9.05 Å². The molecule has 0 aromatic heterocycles. The van der Waals surface area contributed by atoms with Crippen molar-refractivity contribution in [3.8, 4) is 5.75 Å². The van der Waals surface area contributed by atoms with Crippen LogP contribution >= 0.6 is 22.3 Å². The van der Waals surface area contributed by atoms with Crippen LogP contribution in [0.25, 0.3) is 0 Å². The largest absolute Gasteiger partial charge is 0.573 e. The molecule has 1 rings (SSSR count). The number of halogens is 5. The van der Waals surface area contributed by atoms with Crippen molar-refractivity contribution in [3.05, 3.63) is 17.2 Å². The monoisotopic (exact) mass is 309 g/mol. The number of hydrogen-bond donors (Lipinski definition) is 1. The smallest absolute Gasteiger partial charge is 0.403 e. The molecule has 0 fully saturated rings. The van der Waals surface area contributed by atoms with E-state index in [9.17, 15) is 21.6 Å². The molecule has 0 aliphatic carbocycles. The van der Waals surface area contributed by atoms with Gasteiger partial charge in [-0.15, -0.1) is 13.2 Å². The Balaban J connectivity index is 3.48. The summed E-state index contributed by atoms with van der Waals surface area (Å²) in [5.74, 6) is -1.14. The molecule has 1 aromatic rings. The molecule has 0 aliphatic rings. The van der Waals surface area contributed by atoms with E-state index >= 15 is 0 Å². The van der Waals surface area contributed by atoms with Gasteiger partial charge in [0.05, 0.1) is 5.69 Å². The van der Waals surface area contributed by atoms with Gasteiger partial charge in [0.1, 0.15) is 9.92 Å². The van der Waals surface area contributed by atoms with Crippen LogP contribution in [0.1, 0.15) is 0 Å². The first-order valence-electron chi connectivity index (χ1n) is 3.81.